The summed E-state index contributed by atoms with van der Waals surface area (Å²) in [7, 11) is -3.74. The maximum Gasteiger partial charge on any atom is 0.340 e. The Morgan fingerprint density at radius 2 is 1.64 bits per heavy atom. The van der Waals surface area contributed by atoms with Gasteiger partial charge in [-0.25, -0.2) is 13.2 Å². The van der Waals surface area contributed by atoms with Gasteiger partial charge in [0.1, 0.15) is 5.69 Å². The molecule has 1 unspecified atom stereocenters. The molecule has 9 nitrogen and oxygen atoms in total. The van der Waals surface area contributed by atoms with E-state index in [-0.39, 0.29) is 21.8 Å². The SMILES string of the molecule is Cc1ccc(NC(=O)C(OC(=O)c2ccccc2S(C)(=O)=O)c2ccccc2)c([N+](=O)[O-])c1. The summed E-state index contributed by atoms with van der Waals surface area (Å²) < 4.78 is 29.6. The number of nitrogens with zero attached hydrogens (tertiary/aromatic N) is 1. The molecule has 0 aromatic heterocycles. The molecule has 1 N–H and O–H groups in total. The van der Waals surface area contributed by atoms with E-state index in [1.807, 2.05) is 0 Å². The van der Waals surface area contributed by atoms with Gasteiger partial charge in [0.2, 0.25) is 6.10 Å². The fourth-order valence-electron chi connectivity index (χ4n) is 3.13. The van der Waals surface area contributed by atoms with Gasteiger partial charge < -0.3 is 10.1 Å². The number of benzene rings is 3. The standard InChI is InChI=1S/C23H20N2O7S/c1-15-12-13-18(19(14-15)25(28)29)24-22(26)21(16-8-4-3-5-9-16)32-23(27)17-10-6-7-11-20(17)33(2,30)31/h3-14,21H,1-2H3,(H,24,26). The van der Waals surface area contributed by atoms with E-state index in [1.165, 1.54) is 36.4 Å². The van der Waals surface area contributed by atoms with Gasteiger partial charge >= 0.3 is 5.97 Å². The number of esters is 1. The van der Waals surface area contributed by atoms with Crippen molar-refractivity contribution in [2.75, 3.05) is 11.6 Å². The van der Waals surface area contributed by atoms with Crippen LogP contribution in [-0.2, 0) is 19.4 Å². The number of nitro groups is 1. The predicted molar refractivity (Wildman–Crippen MR) is 121 cm³/mol. The van der Waals surface area contributed by atoms with E-state index in [4.69, 9.17) is 4.74 Å². The molecule has 3 aromatic carbocycles. The molecule has 0 heterocycles. The van der Waals surface area contributed by atoms with Crippen LogP contribution in [0.5, 0.6) is 0 Å². The van der Waals surface area contributed by atoms with E-state index < -0.39 is 32.7 Å². The zero-order chi connectivity index (χ0) is 24.2. The fourth-order valence-corrected chi connectivity index (χ4v) is 4.00. The van der Waals surface area contributed by atoms with Crippen LogP contribution in [0, 0.1) is 17.0 Å². The number of hydrogen-bond donors (Lipinski definition) is 1. The lowest BCUT2D eigenvalue weighted by Gasteiger charge is -2.19. The number of nitrogens with one attached hydrogen (secondary N) is 1. The molecule has 0 saturated carbocycles. The largest absolute Gasteiger partial charge is 0.444 e. The third-order valence-corrected chi connectivity index (χ3v) is 5.83. The van der Waals surface area contributed by atoms with E-state index in [9.17, 15) is 28.1 Å². The Hall–Kier alpha value is -4.05. The van der Waals surface area contributed by atoms with Crippen LogP contribution in [-0.4, -0.2) is 31.5 Å². The highest BCUT2D eigenvalue weighted by Crippen LogP contribution is 2.28. The van der Waals surface area contributed by atoms with Crippen molar-refractivity contribution < 1.29 is 27.7 Å². The van der Waals surface area contributed by atoms with Gasteiger partial charge in [-0.05, 0) is 30.7 Å². The van der Waals surface area contributed by atoms with Crippen LogP contribution >= 0.6 is 0 Å². The molecule has 3 rings (SSSR count). The van der Waals surface area contributed by atoms with Gasteiger partial charge in [0.15, 0.2) is 9.84 Å². The van der Waals surface area contributed by atoms with Crippen molar-refractivity contribution in [1.29, 1.82) is 0 Å². The zero-order valence-electron chi connectivity index (χ0n) is 17.7. The summed E-state index contributed by atoms with van der Waals surface area (Å²) in [6, 6.07) is 17.8. The molecule has 0 aliphatic heterocycles. The lowest BCUT2D eigenvalue weighted by Crippen LogP contribution is -2.26. The van der Waals surface area contributed by atoms with Gasteiger partial charge in [0.25, 0.3) is 11.6 Å². The van der Waals surface area contributed by atoms with Gasteiger partial charge in [-0.3, -0.25) is 14.9 Å². The minimum atomic E-state index is -3.74. The van der Waals surface area contributed by atoms with Crippen LogP contribution in [0.3, 0.4) is 0 Å². The number of ether oxygens (including phenoxy) is 1. The summed E-state index contributed by atoms with van der Waals surface area (Å²) in [6.45, 7) is 1.67. The van der Waals surface area contributed by atoms with Crippen LogP contribution in [0.4, 0.5) is 11.4 Å². The summed E-state index contributed by atoms with van der Waals surface area (Å²) in [5, 5.41) is 13.8. The molecule has 10 heteroatoms. The quantitative estimate of drug-likeness (QED) is 0.316. The number of rotatable bonds is 7. The Morgan fingerprint density at radius 1 is 1.00 bits per heavy atom. The highest BCUT2D eigenvalue weighted by atomic mass is 32.2. The molecular formula is C23H20N2O7S. The van der Waals surface area contributed by atoms with E-state index in [0.717, 1.165) is 6.26 Å². The number of aryl methyl sites for hydroxylation is 1. The highest BCUT2D eigenvalue weighted by molar-refractivity contribution is 7.90. The monoisotopic (exact) mass is 468 g/mol. The Kier molecular flexibility index (Phi) is 6.88. The van der Waals surface area contributed by atoms with Gasteiger partial charge in [0.05, 0.1) is 15.4 Å². The van der Waals surface area contributed by atoms with Crippen molar-refractivity contribution in [3.8, 4) is 0 Å². The minimum Gasteiger partial charge on any atom is -0.444 e. The van der Waals surface area contributed by atoms with E-state index >= 15 is 0 Å². The number of carbonyl (C=O) groups excluding carboxylic acids is 2. The first-order chi connectivity index (χ1) is 15.6. The van der Waals surface area contributed by atoms with Gasteiger partial charge in [-0.2, -0.15) is 0 Å². The third kappa shape index (κ3) is 5.60. The van der Waals surface area contributed by atoms with E-state index in [2.05, 4.69) is 5.32 Å². The van der Waals surface area contributed by atoms with E-state index in [1.54, 1.807) is 43.3 Å². The normalized spacial score (nSPS) is 11.9. The lowest BCUT2D eigenvalue weighted by atomic mass is 10.1. The molecule has 3 aromatic rings. The zero-order valence-corrected chi connectivity index (χ0v) is 18.5. The number of sulfone groups is 1. The summed E-state index contributed by atoms with van der Waals surface area (Å²) >= 11 is 0. The topological polar surface area (TPSA) is 133 Å². The highest BCUT2D eigenvalue weighted by Gasteiger charge is 2.29. The van der Waals surface area contributed by atoms with Crippen molar-refractivity contribution >= 4 is 33.1 Å². The van der Waals surface area contributed by atoms with Crippen LogP contribution in [0.1, 0.15) is 27.6 Å². The Labute approximate surface area is 190 Å². The summed E-state index contributed by atoms with van der Waals surface area (Å²) in [5.41, 5.74) is 0.321. The average Bonchev–Trinajstić information content (AvgIpc) is 2.78. The van der Waals surface area contributed by atoms with E-state index in [0.29, 0.717) is 11.1 Å². The number of amides is 1. The molecule has 33 heavy (non-hydrogen) atoms. The van der Waals surface area contributed by atoms with Crippen LogP contribution in [0.15, 0.2) is 77.7 Å². The van der Waals surface area contributed by atoms with Gasteiger partial charge in [0, 0.05) is 17.9 Å². The van der Waals surface area contributed by atoms with Crippen LogP contribution in [0.2, 0.25) is 0 Å². The second kappa shape index (κ2) is 9.61. The number of hydrogen-bond acceptors (Lipinski definition) is 7. The van der Waals surface area contributed by atoms with Crippen molar-refractivity contribution in [1.82, 2.24) is 0 Å². The molecule has 0 fully saturated rings. The second-order valence-electron chi connectivity index (χ2n) is 7.23. The smallest absolute Gasteiger partial charge is 0.340 e. The molecule has 170 valence electrons. The first kappa shape index (κ1) is 23.6. The maximum atomic E-state index is 13.1. The lowest BCUT2D eigenvalue weighted by molar-refractivity contribution is -0.384. The van der Waals surface area contributed by atoms with Crippen LogP contribution in [0.25, 0.3) is 0 Å². The van der Waals surface area contributed by atoms with Crippen molar-refractivity contribution in [2.24, 2.45) is 0 Å². The molecule has 1 amide bonds. The van der Waals surface area contributed by atoms with Gasteiger partial charge in [-0.1, -0.05) is 48.5 Å². The molecule has 0 aliphatic carbocycles. The minimum absolute atomic E-state index is 0.0656. The third-order valence-electron chi connectivity index (χ3n) is 4.68. The summed E-state index contributed by atoms with van der Waals surface area (Å²) in [4.78, 5) is 36.5. The van der Waals surface area contributed by atoms with Crippen molar-refractivity contribution in [2.45, 2.75) is 17.9 Å². The first-order valence-corrected chi connectivity index (χ1v) is 11.6. The number of nitro benzene ring substituents is 1. The molecule has 0 spiro atoms. The number of carbonyl (C=O) groups is 2. The van der Waals surface area contributed by atoms with Crippen molar-refractivity contribution in [3.63, 3.8) is 0 Å². The number of anilines is 1. The summed E-state index contributed by atoms with van der Waals surface area (Å²) in [6.07, 6.45) is -0.538. The molecule has 0 saturated heterocycles. The first-order valence-electron chi connectivity index (χ1n) is 9.69. The fraction of sp³-hybridized carbons (Fsp3) is 0.130. The molecule has 0 aliphatic rings. The van der Waals surface area contributed by atoms with Crippen LogP contribution < -0.4 is 5.32 Å². The molecular weight excluding hydrogens is 448 g/mol. The summed E-state index contributed by atoms with van der Waals surface area (Å²) in [5.74, 6) is -1.86. The Bertz CT molecular complexity index is 1320. The molecule has 0 radical (unpaired) electrons. The second-order valence-corrected chi connectivity index (χ2v) is 9.22. The maximum absolute atomic E-state index is 13.1. The Morgan fingerprint density at radius 3 is 2.27 bits per heavy atom. The Balaban J connectivity index is 1.97. The molecule has 0 bridgehead atoms. The molecule has 1 atom stereocenters. The predicted octanol–water partition coefficient (Wildman–Crippen LogP) is 3.84. The van der Waals surface area contributed by atoms with Gasteiger partial charge in [-0.15, -0.1) is 0 Å². The van der Waals surface area contributed by atoms with Crippen molar-refractivity contribution in [3.05, 3.63) is 99.6 Å². The average molecular weight is 468 g/mol.